The van der Waals surface area contributed by atoms with E-state index in [0.29, 0.717) is 0 Å². The van der Waals surface area contributed by atoms with Gasteiger partial charge in [0, 0.05) is 19.1 Å². The van der Waals surface area contributed by atoms with E-state index >= 15 is 0 Å². The Hall–Kier alpha value is -0.340. The summed E-state index contributed by atoms with van der Waals surface area (Å²) in [5, 5.41) is 4.42. The zero-order valence-corrected chi connectivity index (χ0v) is 9.18. The Morgan fingerprint density at radius 1 is 1.54 bits per heavy atom. The fraction of sp³-hybridized carbons (Fsp3) is 0.636. The third kappa shape index (κ3) is 1.94. The van der Waals surface area contributed by atoms with E-state index in [9.17, 15) is 0 Å². The molecule has 13 heavy (non-hydrogen) atoms. The predicted octanol–water partition coefficient (Wildman–Crippen LogP) is 2.63. The highest BCUT2D eigenvalue weighted by molar-refractivity contribution is 7.07. The molecule has 0 aliphatic carbocycles. The molecular weight excluding hydrogens is 178 g/mol. The first-order valence-electron chi connectivity index (χ1n) is 5.02. The van der Waals surface area contributed by atoms with E-state index in [0.717, 1.165) is 12.0 Å². The second-order valence-corrected chi connectivity index (χ2v) is 4.87. The number of nitrogens with zero attached hydrogens (tertiary/aromatic N) is 1. The summed E-state index contributed by atoms with van der Waals surface area (Å²) in [6.45, 7) is 7.21. The van der Waals surface area contributed by atoms with Crippen LogP contribution in [0.2, 0.25) is 0 Å². The molecule has 0 bridgehead atoms. The van der Waals surface area contributed by atoms with Crippen molar-refractivity contribution in [2.24, 2.45) is 5.92 Å². The number of thiophene rings is 1. The van der Waals surface area contributed by atoms with Crippen LogP contribution in [0, 0.1) is 5.92 Å². The van der Waals surface area contributed by atoms with Gasteiger partial charge in [-0.05, 0) is 41.7 Å². The van der Waals surface area contributed by atoms with E-state index in [1.54, 1.807) is 11.3 Å². The van der Waals surface area contributed by atoms with Gasteiger partial charge >= 0.3 is 0 Å². The summed E-state index contributed by atoms with van der Waals surface area (Å²) in [5.41, 5.74) is 1.50. The van der Waals surface area contributed by atoms with Crippen LogP contribution >= 0.6 is 11.3 Å². The van der Waals surface area contributed by atoms with Crippen molar-refractivity contribution < 1.29 is 0 Å². The fourth-order valence-corrected chi connectivity index (χ4v) is 2.62. The zero-order chi connectivity index (χ0) is 9.26. The predicted molar refractivity (Wildman–Crippen MR) is 58.2 cm³/mol. The quantitative estimate of drug-likeness (QED) is 0.716. The van der Waals surface area contributed by atoms with Crippen molar-refractivity contribution in [3.8, 4) is 0 Å². The average molecular weight is 195 g/mol. The Bertz CT molecular complexity index is 255. The first kappa shape index (κ1) is 9.22. The Balaban J connectivity index is 1.75. The van der Waals surface area contributed by atoms with E-state index in [-0.39, 0.29) is 0 Å². The third-order valence-corrected chi connectivity index (χ3v) is 3.92. The van der Waals surface area contributed by atoms with Crippen LogP contribution in [-0.2, 0) is 6.42 Å². The molecule has 1 aromatic heterocycles. The number of likely N-dealkylation sites (tertiary alicyclic amines) is 1. The summed E-state index contributed by atoms with van der Waals surface area (Å²) in [7, 11) is 0. The summed E-state index contributed by atoms with van der Waals surface area (Å²) in [4.78, 5) is 2.57. The lowest BCUT2D eigenvalue weighted by Crippen LogP contribution is -2.53. The average Bonchev–Trinajstić information content (AvgIpc) is 2.64. The minimum Gasteiger partial charge on any atom is -0.300 e. The van der Waals surface area contributed by atoms with Gasteiger partial charge in [0.2, 0.25) is 0 Å². The van der Waals surface area contributed by atoms with Crippen LogP contribution in [0.3, 0.4) is 0 Å². The largest absolute Gasteiger partial charge is 0.300 e. The van der Waals surface area contributed by atoms with Crippen molar-refractivity contribution in [1.82, 2.24) is 4.90 Å². The summed E-state index contributed by atoms with van der Waals surface area (Å²) in [5.74, 6) is 0.905. The first-order chi connectivity index (χ1) is 6.27. The second-order valence-electron chi connectivity index (χ2n) is 4.09. The number of hydrogen-bond donors (Lipinski definition) is 0. The monoisotopic (exact) mass is 195 g/mol. The van der Waals surface area contributed by atoms with Crippen LogP contribution in [0.25, 0.3) is 0 Å². The second kappa shape index (κ2) is 3.81. The maximum absolute atomic E-state index is 2.57. The first-order valence-corrected chi connectivity index (χ1v) is 5.97. The standard InChI is InChI=1S/C11H17NS/c1-9-7-12(10(9)2)5-3-11-4-6-13-8-11/h4,6,8-10H,3,5,7H2,1-2H3. The molecule has 1 nitrogen and oxygen atoms in total. The van der Waals surface area contributed by atoms with E-state index in [1.165, 1.54) is 25.1 Å². The molecule has 0 spiro atoms. The van der Waals surface area contributed by atoms with E-state index < -0.39 is 0 Å². The van der Waals surface area contributed by atoms with Crippen molar-refractivity contribution >= 4 is 11.3 Å². The summed E-state index contributed by atoms with van der Waals surface area (Å²) < 4.78 is 0. The molecule has 2 rings (SSSR count). The maximum Gasteiger partial charge on any atom is 0.0105 e. The molecule has 2 atom stereocenters. The minimum absolute atomic E-state index is 0.804. The Morgan fingerprint density at radius 2 is 2.38 bits per heavy atom. The molecule has 0 saturated carbocycles. The molecule has 72 valence electrons. The minimum atomic E-state index is 0.804. The lowest BCUT2D eigenvalue weighted by Gasteiger charge is -2.44. The lowest BCUT2D eigenvalue weighted by atomic mass is 9.91. The Kier molecular flexibility index (Phi) is 2.70. The van der Waals surface area contributed by atoms with Crippen molar-refractivity contribution in [2.45, 2.75) is 26.3 Å². The molecule has 0 amide bonds. The van der Waals surface area contributed by atoms with Crippen LogP contribution in [0.15, 0.2) is 16.8 Å². The molecule has 1 aliphatic rings. The molecule has 1 saturated heterocycles. The Morgan fingerprint density at radius 3 is 2.92 bits per heavy atom. The molecule has 1 aromatic rings. The zero-order valence-electron chi connectivity index (χ0n) is 8.36. The number of hydrogen-bond acceptors (Lipinski definition) is 2. The summed E-state index contributed by atoms with van der Waals surface area (Å²) in [6, 6.07) is 3.04. The van der Waals surface area contributed by atoms with Crippen LogP contribution in [-0.4, -0.2) is 24.0 Å². The van der Waals surface area contributed by atoms with E-state index in [1.807, 2.05) is 0 Å². The van der Waals surface area contributed by atoms with Gasteiger partial charge in [0.25, 0.3) is 0 Å². The molecule has 0 radical (unpaired) electrons. The van der Waals surface area contributed by atoms with Gasteiger partial charge in [0.1, 0.15) is 0 Å². The molecule has 2 heteroatoms. The van der Waals surface area contributed by atoms with Gasteiger partial charge in [-0.3, -0.25) is 4.90 Å². The van der Waals surface area contributed by atoms with Gasteiger partial charge in [-0.1, -0.05) is 6.92 Å². The lowest BCUT2D eigenvalue weighted by molar-refractivity contribution is 0.0399. The van der Waals surface area contributed by atoms with Gasteiger partial charge in [0.15, 0.2) is 0 Å². The van der Waals surface area contributed by atoms with Gasteiger partial charge < -0.3 is 0 Å². The van der Waals surface area contributed by atoms with Crippen molar-refractivity contribution in [3.05, 3.63) is 22.4 Å². The molecular formula is C11H17NS. The summed E-state index contributed by atoms with van der Waals surface area (Å²) in [6.07, 6.45) is 1.22. The van der Waals surface area contributed by atoms with Crippen LogP contribution in [0.4, 0.5) is 0 Å². The molecule has 2 heterocycles. The highest BCUT2D eigenvalue weighted by atomic mass is 32.1. The third-order valence-electron chi connectivity index (χ3n) is 3.19. The smallest absolute Gasteiger partial charge is 0.0105 e. The maximum atomic E-state index is 2.57. The van der Waals surface area contributed by atoms with Crippen LogP contribution in [0.5, 0.6) is 0 Å². The highest BCUT2D eigenvalue weighted by Gasteiger charge is 2.30. The van der Waals surface area contributed by atoms with Gasteiger partial charge in [-0.2, -0.15) is 11.3 Å². The molecule has 1 aliphatic heterocycles. The molecule has 0 aromatic carbocycles. The van der Waals surface area contributed by atoms with Gasteiger partial charge in [0.05, 0.1) is 0 Å². The molecule has 1 fully saturated rings. The summed E-state index contributed by atoms with van der Waals surface area (Å²) >= 11 is 1.80. The van der Waals surface area contributed by atoms with E-state index in [2.05, 4.69) is 35.6 Å². The fourth-order valence-electron chi connectivity index (χ4n) is 1.91. The SMILES string of the molecule is CC1CN(CCc2ccsc2)C1C. The van der Waals surface area contributed by atoms with Crippen molar-refractivity contribution in [2.75, 3.05) is 13.1 Å². The van der Waals surface area contributed by atoms with Gasteiger partial charge in [-0.25, -0.2) is 0 Å². The van der Waals surface area contributed by atoms with E-state index in [4.69, 9.17) is 0 Å². The van der Waals surface area contributed by atoms with Crippen LogP contribution in [0.1, 0.15) is 19.4 Å². The normalized spacial score (nSPS) is 28.8. The topological polar surface area (TPSA) is 3.24 Å². The molecule has 2 unspecified atom stereocenters. The Labute approximate surface area is 84.4 Å². The molecule has 0 N–H and O–H groups in total. The highest BCUT2D eigenvalue weighted by Crippen LogP contribution is 2.23. The van der Waals surface area contributed by atoms with Gasteiger partial charge in [-0.15, -0.1) is 0 Å². The van der Waals surface area contributed by atoms with Crippen molar-refractivity contribution in [1.29, 1.82) is 0 Å². The number of rotatable bonds is 3. The van der Waals surface area contributed by atoms with Crippen molar-refractivity contribution in [3.63, 3.8) is 0 Å². The van der Waals surface area contributed by atoms with Crippen LogP contribution < -0.4 is 0 Å².